The van der Waals surface area contributed by atoms with Crippen LogP contribution in [0.25, 0.3) is 0 Å². The van der Waals surface area contributed by atoms with Crippen LogP contribution in [0.3, 0.4) is 0 Å². The number of nitrogens with zero attached hydrogens (tertiary/aromatic N) is 3. The van der Waals surface area contributed by atoms with Crippen molar-refractivity contribution < 1.29 is 9.59 Å². The van der Waals surface area contributed by atoms with Crippen LogP contribution in [0.4, 0.5) is 10.5 Å². The maximum absolute atomic E-state index is 12.5. The van der Waals surface area contributed by atoms with Crippen molar-refractivity contribution in [3.63, 3.8) is 0 Å². The predicted octanol–water partition coefficient (Wildman–Crippen LogP) is 2.96. The Labute approximate surface area is 157 Å². The number of hydrogen-bond donors (Lipinski definition) is 1. The molecule has 1 fully saturated rings. The first kappa shape index (κ1) is 18.2. The van der Waals surface area contributed by atoms with Crippen LogP contribution >= 0.6 is 11.6 Å². The largest absolute Gasteiger partial charge is 0.339 e. The van der Waals surface area contributed by atoms with Gasteiger partial charge in [0.15, 0.2) is 0 Å². The van der Waals surface area contributed by atoms with Gasteiger partial charge in [-0.2, -0.15) is 0 Å². The summed E-state index contributed by atoms with van der Waals surface area (Å²) < 4.78 is 0. The molecule has 1 aromatic carbocycles. The van der Waals surface area contributed by atoms with Crippen molar-refractivity contribution in [3.8, 4) is 0 Å². The van der Waals surface area contributed by atoms with E-state index in [0.29, 0.717) is 31.2 Å². The highest BCUT2D eigenvalue weighted by atomic mass is 35.5. The number of carbonyl (C=O) groups excluding carboxylic acids is 2. The minimum Gasteiger partial charge on any atom is -0.339 e. The molecule has 136 valence electrons. The number of anilines is 1. The van der Waals surface area contributed by atoms with Crippen LogP contribution in [0.5, 0.6) is 0 Å². The highest BCUT2D eigenvalue weighted by Crippen LogP contribution is 2.17. The van der Waals surface area contributed by atoms with Gasteiger partial charge in [-0.25, -0.2) is 4.79 Å². The minimum absolute atomic E-state index is 0.0307. The Hall–Kier alpha value is -2.60. The van der Waals surface area contributed by atoms with Crippen molar-refractivity contribution in [1.82, 2.24) is 14.8 Å². The van der Waals surface area contributed by atoms with E-state index in [4.69, 9.17) is 11.6 Å². The van der Waals surface area contributed by atoms with Crippen molar-refractivity contribution in [2.75, 3.05) is 31.5 Å². The number of piperazine rings is 1. The molecule has 3 amide bonds. The predicted molar refractivity (Wildman–Crippen MR) is 101 cm³/mol. The van der Waals surface area contributed by atoms with E-state index < -0.39 is 0 Å². The summed E-state index contributed by atoms with van der Waals surface area (Å²) in [5.74, 6) is 0.0307. The normalized spacial score (nSPS) is 14.2. The number of benzene rings is 1. The average Bonchev–Trinajstić information content (AvgIpc) is 2.65. The van der Waals surface area contributed by atoms with E-state index in [1.807, 2.05) is 25.1 Å². The van der Waals surface area contributed by atoms with Crippen LogP contribution in [0.1, 0.15) is 11.1 Å². The highest BCUT2D eigenvalue weighted by Gasteiger charge is 2.24. The first-order valence-electron chi connectivity index (χ1n) is 8.52. The van der Waals surface area contributed by atoms with Gasteiger partial charge >= 0.3 is 6.03 Å². The molecule has 0 spiro atoms. The van der Waals surface area contributed by atoms with Gasteiger partial charge in [-0.1, -0.05) is 29.8 Å². The third-order valence-corrected chi connectivity index (χ3v) is 4.85. The molecule has 1 aromatic heterocycles. The number of halogens is 1. The lowest BCUT2D eigenvalue weighted by atomic mass is 10.1. The maximum atomic E-state index is 12.5. The van der Waals surface area contributed by atoms with Gasteiger partial charge in [-0.05, 0) is 30.2 Å². The van der Waals surface area contributed by atoms with Crippen LogP contribution in [-0.2, 0) is 11.2 Å². The Kier molecular flexibility index (Phi) is 5.73. The van der Waals surface area contributed by atoms with Crippen molar-refractivity contribution in [3.05, 3.63) is 58.9 Å². The fraction of sp³-hybridized carbons (Fsp3) is 0.316. The fourth-order valence-electron chi connectivity index (χ4n) is 2.88. The topological polar surface area (TPSA) is 65.5 Å². The quantitative estimate of drug-likeness (QED) is 0.900. The number of aryl methyl sites for hydroxylation is 1. The smallest absolute Gasteiger partial charge is 0.321 e. The van der Waals surface area contributed by atoms with Crippen molar-refractivity contribution >= 4 is 29.2 Å². The SMILES string of the molecule is Cc1cnccc1NC(=O)N1CCN(C(=O)Cc2ccccc2Cl)CC1. The Morgan fingerprint density at radius 1 is 1.12 bits per heavy atom. The second-order valence-electron chi connectivity index (χ2n) is 6.26. The summed E-state index contributed by atoms with van der Waals surface area (Å²) in [5.41, 5.74) is 2.49. The Morgan fingerprint density at radius 2 is 1.81 bits per heavy atom. The van der Waals surface area contributed by atoms with E-state index >= 15 is 0 Å². The van der Waals surface area contributed by atoms with Gasteiger partial charge in [0, 0.05) is 49.3 Å². The molecule has 3 rings (SSSR count). The third-order valence-electron chi connectivity index (χ3n) is 4.48. The second kappa shape index (κ2) is 8.19. The molecular weight excluding hydrogens is 352 g/mol. The van der Waals surface area contributed by atoms with E-state index in [9.17, 15) is 9.59 Å². The number of aromatic nitrogens is 1. The van der Waals surface area contributed by atoms with Crippen molar-refractivity contribution in [2.45, 2.75) is 13.3 Å². The molecule has 6 nitrogen and oxygen atoms in total. The molecule has 26 heavy (non-hydrogen) atoms. The van der Waals surface area contributed by atoms with Crippen molar-refractivity contribution in [2.24, 2.45) is 0 Å². The summed E-state index contributed by atoms with van der Waals surface area (Å²) >= 11 is 6.13. The van der Waals surface area contributed by atoms with Gasteiger partial charge in [0.1, 0.15) is 0 Å². The minimum atomic E-state index is -0.155. The average molecular weight is 373 g/mol. The van der Waals surface area contributed by atoms with Crippen LogP contribution < -0.4 is 5.32 Å². The zero-order valence-electron chi connectivity index (χ0n) is 14.6. The van der Waals surface area contributed by atoms with Crippen molar-refractivity contribution in [1.29, 1.82) is 0 Å². The zero-order chi connectivity index (χ0) is 18.5. The molecule has 2 aromatic rings. The number of carbonyl (C=O) groups is 2. The summed E-state index contributed by atoms with van der Waals surface area (Å²) in [4.78, 5) is 32.4. The van der Waals surface area contributed by atoms with Gasteiger partial charge < -0.3 is 15.1 Å². The van der Waals surface area contributed by atoms with E-state index in [1.54, 1.807) is 34.3 Å². The zero-order valence-corrected chi connectivity index (χ0v) is 15.4. The molecule has 0 unspecified atom stereocenters. The number of pyridine rings is 1. The van der Waals surface area contributed by atoms with E-state index in [0.717, 1.165) is 16.8 Å². The highest BCUT2D eigenvalue weighted by molar-refractivity contribution is 6.31. The van der Waals surface area contributed by atoms with Crippen LogP contribution in [-0.4, -0.2) is 52.9 Å². The number of hydrogen-bond acceptors (Lipinski definition) is 3. The monoisotopic (exact) mass is 372 g/mol. The summed E-state index contributed by atoms with van der Waals surface area (Å²) in [5, 5.41) is 3.50. The number of amides is 3. The van der Waals surface area contributed by atoms with Crippen LogP contribution in [0.2, 0.25) is 5.02 Å². The summed E-state index contributed by atoms with van der Waals surface area (Å²) in [6, 6.07) is 8.98. The Morgan fingerprint density at radius 3 is 2.50 bits per heavy atom. The van der Waals surface area contributed by atoms with E-state index in [1.165, 1.54) is 0 Å². The first-order chi connectivity index (χ1) is 12.5. The number of rotatable bonds is 3. The first-order valence-corrected chi connectivity index (χ1v) is 8.90. The molecule has 0 radical (unpaired) electrons. The van der Waals surface area contributed by atoms with Crippen LogP contribution in [0, 0.1) is 6.92 Å². The molecule has 0 aliphatic carbocycles. The molecule has 1 N–H and O–H groups in total. The molecule has 7 heteroatoms. The summed E-state index contributed by atoms with van der Waals surface area (Å²) in [6.07, 6.45) is 3.64. The van der Waals surface area contributed by atoms with Gasteiger partial charge in [-0.3, -0.25) is 9.78 Å². The van der Waals surface area contributed by atoms with Gasteiger partial charge in [-0.15, -0.1) is 0 Å². The fourth-order valence-corrected chi connectivity index (χ4v) is 3.09. The second-order valence-corrected chi connectivity index (χ2v) is 6.66. The Balaban J connectivity index is 1.52. The number of urea groups is 1. The van der Waals surface area contributed by atoms with E-state index in [-0.39, 0.29) is 18.4 Å². The molecule has 1 aliphatic rings. The van der Waals surface area contributed by atoms with E-state index in [2.05, 4.69) is 10.3 Å². The van der Waals surface area contributed by atoms with Crippen LogP contribution in [0.15, 0.2) is 42.7 Å². The summed E-state index contributed by atoms with van der Waals surface area (Å²) in [6.45, 7) is 3.94. The number of nitrogens with one attached hydrogen (secondary N) is 1. The standard InChI is InChI=1S/C19H21ClN4O2/c1-14-13-21-7-6-17(14)22-19(26)24-10-8-23(9-11-24)18(25)12-15-4-2-3-5-16(15)20/h2-7,13H,8-12H2,1H3,(H,21,22,26). The molecule has 2 heterocycles. The maximum Gasteiger partial charge on any atom is 0.321 e. The Bertz CT molecular complexity index is 736. The molecule has 1 saturated heterocycles. The van der Waals surface area contributed by atoms with Gasteiger partial charge in [0.2, 0.25) is 5.91 Å². The molecule has 1 aliphatic heterocycles. The molecule has 0 saturated carbocycles. The lowest BCUT2D eigenvalue weighted by molar-refractivity contribution is -0.131. The molecule has 0 bridgehead atoms. The lowest BCUT2D eigenvalue weighted by Gasteiger charge is -2.35. The summed E-state index contributed by atoms with van der Waals surface area (Å²) in [7, 11) is 0. The van der Waals surface area contributed by atoms with Gasteiger partial charge in [0.05, 0.1) is 6.42 Å². The van der Waals surface area contributed by atoms with Gasteiger partial charge in [0.25, 0.3) is 0 Å². The third kappa shape index (κ3) is 4.32. The molecule has 0 atom stereocenters. The molecular formula is C19H21ClN4O2. The lowest BCUT2D eigenvalue weighted by Crippen LogP contribution is -2.52.